The van der Waals surface area contributed by atoms with Crippen LogP contribution < -0.4 is 5.32 Å². The summed E-state index contributed by atoms with van der Waals surface area (Å²) < 4.78 is 2.08. The molecule has 0 bridgehead atoms. The van der Waals surface area contributed by atoms with Gasteiger partial charge in [-0.3, -0.25) is 4.68 Å². The third-order valence-electron chi connectivity index (χ3n) is 3.26. The van der Waals surface area contributed by atoms with Gasteiger partial charge in [-0.15, -0.1) is 0 Å². The fourth-order valence-electron chi connectivity index (χ4n) is 2.30. The molecule has 1 aromatic heterocycles. The summed E-state index contributed by atoms with van der Waals surface area (Å²) in [5.74, 6) is 0. The summed E-state index contributed by atoms with van der Waals surface area (Å²) in [6.07, 6.45) is 8.63. The summed E-state index contributed by atoms with van der Waals surface area (Å²) in [4.78, 5) is 0. The van der Waals surface area contributed by atoms with Gasteiger partial charge >= 0.3 is 0 Å². The molecule has 0 aliphatic heterocycles. The average molecular weight is 207 g/mol. The molecule has 3 nitrogen and oxygen atoms in total. The van der Waals surface area contributed by atoms with Crippen LogP contribution in [0.5, 0.6) is 0 Å². The lowest BCUT2D eigenvalue weighted by Crippen LogP contribution is -2.27. The Balaban J connectivity index is 1.60. The highest BCUT2D eigenvalue weighted by Gasteiger charge is 2.13. The molecule has 84 valence electrons. The number of hydrogen-bond acceptors (Lipinski definition) is 2. The summed E-state index contributed by atoms with van der Waals surface area (Å²) in [6, 6.07) is 2.86. The molecular weight excluding hydrogens is 186 g/mol. The monoisotopic (exact) mass is 207 g/mol. The quantitative estimate of drug-likeness (QED) is 0.749. The first-order valence-electron chi connectivity index (χ1n) is 6.08. The van der Waals surface area contributed by atoms with Crippen LogP contribution in [0.3, 0.4) is 0 Å². The van der Waals surface area contributed by atoms with E-state index in [1.165, 1.54) is 37.8 Å². The van der Waals surface area contributed by atoms with Gasteiger partial charge in [0.2, 0.25) is 0 Å². The maximum absolute atomic E-state index is 4.27. The van der Waals surface area contributed by atoms with Gasteiger partial charge in [0.05, 0.1) is 0 Å². The third kappa shape index (κ3) is 3.06. The molecule has 1 saturated carbocycles. The SMILES string of the molecule is Cc1ccnn1CCCNC1CCCC1. The molecule has 1 aliphatic carbocycles. The van der Waals surface area contributed by atoms with Crippen LogP contribution in [0.4, 0.5) is 0 Å². The van der Waals surface area contributed by atoms with Gasteiger partial charge < -0.3 is 5.32 Å². The van der Waals surface area contributed by atoms with E-state index < -0.39 is 0 Å². The normalized spacial score (nSPS) is 17.4. The molecule has 15 heavy (non-hydrogen) atoms. The lowest BCUT2D eigenvalue weighted by atomic mass is 10.2. The van der Waals surface area contributed by atoms with Crippen LogP contribution in [0.2, 0.25) is 0 Å². The van der Waals surface area contributed by atoms with E-state index in [4.69, 9.17) is 0 Å². The van der Waals surface area contributed by atoms with Gasteiger partial charge in [0.1, 0.15) is 0 Å². The van der Waals surface area contributed by atoms with E-state index in [1.807, 2.05) is 6.20 Å². The van der Waals surface area contributed by atoms with E-state index in [9.17, 15) is 0 Å². The van der Waals surface area contributed by atoms with Gasteiger partial charge in [-0.2, -0.15) is 5.10 Å². The Bertz CT molecular complexity index is 287. The third-order valence-corrected chi connectivity index (χ3v) is 3.26. The predicted octanol–water partition coefficient (Wildman–Crippen LogP) is 2.11. The first-order chi connectivity index (χ1) is 7.36. The summed E-state index contributed by atoms with van der Waals surface area (Å²) >= 11 is 0. The lowest BCUT2D eigenvalue weighted by Gasteiger charge is -2.11. The van der Waals surface area contributed by atoms with Crippen molar-refractivity contribution in [1.82, 2.24) is 15.1 Å². The Kier molecular flexibility index (Phi) is 3.78. The fourth-order valence-corrected chi connectivity index (χ4v) is 2.30. The first kappa shape index (κ1) is 10.7. The molecule has 0 spiro atoms. The standard InChI is InChI=1S/C12H21N3/c1-11-7-9-14-15(11)10-4-8-13-12-5-2-3-6-12/h7,9,12-13H,2-6,8,10H2,1H3. The predicted molar refractivity (Wildman–Crippen MR) is 61.8 cm³/mol. The van der Waals surface area contributed by atoms with Crippen molar-refractivity contribution in [2.75, 3.05) is 6.54 Å². The molecule has 1 aliphatic rings. The van der Waals surface area contributed by atoms with Crippen LogP contribution in [0.1, 0.15) is 37.8 Å². The van der Waals surface area contributed by atoms with E-state index in [0.29, 0.717) is 0 Å². The Hall–Kier alpha value is -0.830. The summed E-state index contributed by atoms with van der Waals surface area (Å²) in [6.45, 7) is 4.28. The minimum Gasteiger partial charge on any atom is -0.314 e. The van der Waals surface area contributed by atoms with Crippen molar-refractivity contribution in [3.63, 3.8) is 0 Å². The highest BCUT2D eigenvalue weighted by Crippen LogP contribution is 2.17. The van der Waals surface area contributed by atoms with Crippen LogP contribution in [0, 0.1) is 6.92 Å². The largest absolute Gasteiger partial charge is 0.314 e. The molecule has 0 atom stereocenters. The van der Waals surface area contributed by atoms with Crippen LogP contribution in [0.25, 0.3) is 0 Å². The van der Waals surface area contributed by atoms with Crippen molar-refractivity contribution < 1.29 is 0 Å². The van der Waals surface area contributed by atoms with E-state index in [0.717, 1.165) is 19.1 Å². The molecule has 1 N–H and O–H groups in total. The van der Waals surface area contributed by atoms with Crippen LogP contribution >= 0.6 is 0 Å². The van der Waals surface area contributed by atoms with Gasteiger partial charge in [-0.05, 0) is 38.8 Å². The minimum absolute atomic E-state index is 0.795. The Morgan fingerprint density at radius 3 is 2.93 bits per heavy atom. The lowest BCUT2D eigenvalue weighted by molar-refractivity contribution is 0.479. The Morgan fingerprint density at radius 2 is 2.27 bits per heavy atom. The number of aryl methyl sites for hydroxylation is 2. The van der Waals surface area contributed by atoms with Crippen LogP contribution in [-0.2, 0) is 6.54 Å². The van der Waals surface area contributed by atoms with Crippen molar-refractivity contribution in [2.24, 2.45) is 0 Å². The van der Waals surface area contributed by atoms with Gasteiger partial charge in [0.25, 0.3) is 0 Å². The smallest absolute Gasteiger partial charge is 0.0492 e. The molecule has 0 amide bonds. The van der Waals surface area contributed by atoms with Crippen LogP contribution in [-0.4, -0.2) is 22.4 Å². The van der Waals surface area contributed by atoms with Crippen molar-refractivity contribution in [3.8, 4) is 0 Å². The summed E-state index contributed by atoms with van der Waals surface area (Å²) in [7, 11) is 0. The number of rotatable bonds is 5. The van der Waals surface area contributed by atoms with Gasteiger partial charge in [0, 0.05) is 24.5 Å². The molecule has 0 aromatic carbocycles. The van der Waals surface area contributed by atoms with Gasteiger partial charge in [-0.1, -0.05) is 12.8 Å². The highest BCUT2D eigenvalue weighted by molar-refractivity contribution is 4.96. The topological polar surface area (TPSA) is 29.9 Å². The fraction of sp³-hybridized carbons (Fsp3) is 0.750. The molecule has 0 unspecified atom stereocenters. The van der Waals surface area contributed by atoms with E-state index in [-0.39, 0.29) is 0 Å². The molecule has 3 heteroatoms. The Morgan fingerprint density at radius 1 is 1.47 bits per heavy atom. The number of nitrogens with one attached hydrogen (secondary N) is 1. The van der Waals surface area contributed by atoms with Crippen molar-refractivity contribution in [2.45, 2.75) is 51.6 Å². The summed E-state index contributed by atoms with van der Waals surface area (Å²) in [5.41, 5.74) is 1.26. The van der Waals surface area contributed by atoms with Crippen molar-refractivity contribution >= 4 is 0 Å². The summed E-state index contributed by atoms with van der Waals surface area (Å²) in [5, 5.41) is 7.90. The van der Waals surface area contributed by atoms with Gasteiger partial charge in [0.15, 0.2) is 0 Å². The second-order valence-corrected chi connectivity index (χ2v) is 4.48. The molecule has 0 radical (unpaired) electrons. The molecule has 0 saturated heterocycles. The zero-order chi connectivity index (χ0) is 10.5. The average Bonchev–Trinajstić information content (AvgIpc) is 2.85. The maximum atomic E-state index is 4.27. The molecule has 2 rings (SSSR count). The zero-order valence-corrected chi connectivity index (χ0v) is 9.58. The van der Waals surface area contributed by atoms with E-state index >= 15 is 0 Å². The van der Waals surface area contributed by atoms with Crippen molar-refractivity contribution in [1.29, 1.82) is 0 Å². The zero-order valence-electron chi connectivity index (χ0n) is 9.58. The number of hydrogen-bond donors (Lipinski definition) is 1. The second kappa shape index (κ2) is 5.31. The molecular formula is C12H21N3. The minimum atomic E-state index is 0.795. The van der Waals surface area contributed by atoms with E-state index in [2.05, 4.69) is 28.1 Å². The van der Waals surface area contributed by atoms with Crippen molar-refractivity contribution in [3.05, 3.63) is 18.0 Å². The van der Waals surface area contributed by atoms with Gasteiger partial charge in [-0.25, -0.2) is 0 Å². The molecule has 1 heterocycles. The van der Waals surface area contributed by atoms with E-state index in [1.54, 1.807) is 0 Å². The first-order valence-corrected chi connectivity index (χ1v) is 6.08. The maximum Gasteiger partial charge on any atom is 0.0492 e. The highest BCUT2D eigenvalue weighted by atomic mass is 15.3. The molecule has 1 aromatic rings. The number of nitrogens with zero attached hydrogens (tertiary/aromatic N) is 2. The molecule has 1 fully saturated rings. The number of aromatic nitrogens is 2. The van der Waals surface area contributed by atoms with Crippen LogP contribution in [0.15, 0.2) is 12.3 Å². The Labute approximate surface area is 91.9 Å². The second-order valence-electron chi connectivity index (χ2n) is 4.48.